The van der Waals surface area contributed by atoms with Crippen molar-refractivity contribution in [3.05, 3.63) is 18.3 Å². The molecule has 1 fully saturated rings. The van der Waals surface area contributed by atoms with E-state index in [4.69, 9.17) is 0 Å². The Labute approximate surface area is 138 Å². The highest BCUT2D eigenvalue weighted by molar-refractivity contribution is 7.89. The van der Waals surface area contributed by atoms with Crippen LogP contribution in [0, 0.1) is 0 Å². The Hall–Kier alpha value is -1.10. The van der Waals surface area contributed by atoms with Gasteiger partial charge in [-0.25, -0.2) is 18.1 Å². The van der Waals surface area contributed by atoms with Crippen LogP contribution in [-0.4, -0.2) is 45.3 Å². The number of ether oxygens (including phenoxy) is 1. The van der Waals surface area contributed by atoms with Gasteiger partial charge >= 0.3 is 6.18 Å². The Morgan fingerprint density at radius 2 is 2.13 bits per heavy atom. The van der Waals surface area contributed by atoms with Crippen molar-refractivity contribution in [3.8, 4) is 5.88 Å². The molecule has 1 unspecified atom stereocenters. The van der Waals surface area contributed by atoms with Gasteiger partial charge in [-0.05, 0) is 25.5 Å². The largest absolute Gasteiger partial charge is 0.468 e. The summed E-state index contributed by atoms with van der Waals surface area (Å²) in [6.45, 7) is -0.0808. The SMILES string of the molecule is Cl.O=S(=O)(NC1CCCNC1)c1ccc(OCC(F)(F)F)nc1. The summed E-state index contributed by atoms with van der Waals surface area (Å²) in [5.41, 5.74) is 0. The molecule has 2 heterocycles. The topological polar surface area (TPSA) is 80.3 Å². The van der Waals surface area contributed by atoms with Crippen molar-refractivity contribution in [2.45, 2.75) is 30.0 Å². The van der Waals surface area contributed by atoms with Crippen molar-refractivity contribution < 1.29 is 26.3 Å². The summed E-state index contributed by atoms with van der Waals surface area (Å²) in [7, 11) is -3.75. The lowest BCUT2D eigenvalue weighted by molar-refractivity contribution is -0.154. The third kappa shape index (κ3) is 6.50. The highest BCUT2D eigenvalue weighted by Gasteiger charge is 2.29. The molecule has 1 aliphatic rings. The Morgan fingerprint density at radius 1 is 1.39 bits per heavy atom. The van der Waals surface area contributed by atoms with Crippen LogP contribution in [0.15, 0.2) is 23.2 Å². The third-order valence-corrected chi connectivity index (χ3v) is 4.53. The number of aromatic nitrogens is 1. The first kappa shape index (κ1) is 19.9. The Kier molecular flexibility index (Phi) is 7.05. The third-order valence-electron chi connectivity index (χ3n) is 3.02. The van der Waals surface area contributed by atoms with Crippen LogP contribution >= 0.6 is 12.4 Å². The standard InChI is InChI=1S/C12H16F3N3O3S.ClH/c13-12(14,15)8-21-11-4-3-10(7-17-11)22(19,20)18-9-2-1-5-16-6-9;/h3-4,7,9,16,18H,1-2,5-6,8H2;1H. The van der Waals surface area contributed by atoms with Crippen LogP contribution in [-0.2, 0) is 10.0 Å². The second kappa shape index (κ2) is 8.13. The average molecular weight is 376 g/mol. The highest BCUT2D eigenvalue weighted by Crippen LogP contribution is 2.18. The van der Waals surface area contributed by atoms with E-state index in [1.165, 1.54) is 0 Å². The summed E-state index contributed by atoms with van der Waals surface area (Å²) in [5, 5.41) is 3.08. The molecule has 0 amide bonds. The van der Waals surface area contributed by atoms with Gasteiger partial charge in [0.15, 0.2) is 6.61 Å². The molecular weight excluding hydrogens is 359 g/mol. The maximum absolute atomic E-state index is 12.1. The molecule has 6 nitrogen and oxygen atoms in total. The predicted molar refractivity (Wildman–Crippen MR) is 79.2 cm³/mol. The Bertz CT molecular complexity index is 590. The van der Waals surface area contributed by atoms with Gasteiger partial charge in [0.1, 0.15) is 4.90 Å². The summed E-state index contributed by atoms with van der Waals surface area (Å²) < 4.78 is 67.2. The average Bonchev–Trinajstić information content (AvgIpc) is 2.45. The van der Waals surface area contributed by atoms with E-state index in [2.05, 4.69) is 19.8 Å². The molecule has 0 aromatic carbocycles. The first-order valence-corrected chi connectivity index (χ1v) is 8.13. The highest BCUT2D eigenvalue weighted by atomic mass is 35.5. The fraction of sp³-hybridized carbons (Fsp3) is 0.583. The lowest BCUT2D eigenvalue weighted by Gasteiger charge is -2.23. The van der Waals surface area contributed by atoms with Gasteiger partial charge in [-0.15, -0.1) is 12.4 Å². The van der Waals surface area contributed by atoms with Crippen molar-refractivity contribution in [3.63, 3.8) is 0 Å². The molecule has 2 N–H and O–H groups in total. The number of rotatable bonds is 5. The lowest BCUT2D eigenvalue weighted by atomic mass is 10.1. The second-order valence-corrected chi connectivity index (χ2v) is 6.61. The van der Waals surface area contributed by atoms with Crippen molar-refractivity contribution in [1.29, 1.82) is 0 Å². The minimum atomic E-state index is -4.47. The van der Waals surface area contributed by atoms with Gasteiger partial charge in [-0.2, -0.15) is 13.2 Å². The number of nitrogens with one attached hydrogen (secondary N) is 2. The van der Waals surface area contributed by atoms with E-state index in [9.17, 15) is 21.6 Å². The van der Waals surface area contributed by atoms with E-state index in [0.717, 1.165) is 37.7 Å². The van der Waals surface area contributed by atoms with Crippen molar-refractivity contribution >= 4 is 22.4 Å². The van der Waals surface area contributed by atoms with Crippen molar-refractivity contribution in [2.24, 2.45) is 0 Å². The van der Waals surface area contributed by atoms with Crippen LogP contribution < -0.4 is 14.8 Å². The quantitative estimate of drug-likeness (QED) is 0.814. The molecule has 0 spiro atoms. The number of nitrogens with zero attached hydrogens (tertiary/aromatic N) is 1. The number of hydrogen-bond acceptors (Lipinski definition) is 5. The minimum absolute atomic E-state index is 0. The molecule has 2 rings (SSSR count). The smallest absolute Gasteiger partial charge is 0.422 e. The second-order valence-electron chi connectivity index (χ2n) is 4.90. The van der Waals surface area contributed by atoms with Crippen LogP contribution in [0.25, 0.3) is 0 Å². The molecule has 1 aromatic rings. The van der Waals surface area contributed by atoms with Crippen molar-refractivity contribution in [2.75, 3.05) is 19.7 Å². The summed E-state index contributed by atoms with van der Waals surface area (Å²) in [6, 6.07) is 2.05. The Balaban J connectivity index is 0.00000264. The zero-order valence-electron chi connectivity index (χ0n) is 12.0. The molecule has 1 aromatic heterocycles. The fourth-order valence-electron chi connectivity index (χ4n) is 2.01. The lowest BCUT2D eigenvalue weighted by Crippen LogP contribution is -2.45. The molecule has 1 atom stereocenters. The van der Waals surface area contributed by atoms with Crippen LogP contribution in [0.5, 0.6) is 5.88 Å². The zero-order chi connectivity index (χ0) is 16.2. The van der Waals surface area contributed by atoms with Crippen molar-refractivity contribution in [1.82, 2.24) is 15.0 Å². The number of halogens is 4. The molecule has 0 bridgehead atoms. The van der Waals surface area contributed by atoms with Crippen LogP contribution in [0.3, 0.4) is 0 Å². The monoisotopic (exact) mass is 375 g/mol. The van der Waals surface area contributed by atoms with E-state index in [0.29, 0.717) is 6.54 Å². The van der Waals surface area contributed by atoms with Gasteiger partial charge in [0, 0.05) is 18.7 Å². The zero-order valence-corrected chi connectivity index (χ0v) is 13.6. The summed E-state index contributed by atoms with van der Waals surface area (Å²) >= 11 is 0. The molecule has 0 saturated carbocycles. The van der Waals surface area contributed by atoms with Crippen LogP contribution in [0.4, 0.5) is 13.2 Å². The molecule has 11 heteroatoms. The first-order chi connectivity index (χ1) is 10.3. The molecule has 23 heavy (non-hydrogen) atoms. The van der Waals surface area contributed by atoms with E-state index in [1.54, 1.807) is 0 Å². The minimum Gasteiger partial charge on any atom is -0.468 e. The number of piperidine rings is 1. The molecule has 1 saturated heterocycles. The number of pyridine rings is 1. The van der Waals surface area contributed by atoms with Crippen LogP contribution in [0.2, 0.25) is 0 Å². The van der Waals surface area contributed by atoms with Gasteiger partial charge < -0.3 is 10.1 Å². The summed E-state index contributed by atoms with van der Waals surface area (Å²) in [6.07, 6.45) is -1.89. The maximum Gasteiger partial charge on any atom is 0.422 e. The van der Waals surface area contributed by atoms with Gasteiger partial charge in [0.2, 0.25) is 15.9 Å². The van der Waals surface area contributed by atoms with E-state index in [-0.39, 0.29) is 29.2 Å². The fourth-order valence-corrected chi connectivity index (χ4v) is 3.22. The molecule has 0 radical (unpaired) electrons. The van der Waals surface area contributed by atoms with Gasteiger partial charge in [0.05, 0.1) is 6.20 Å². The Morgan fingerprint density at radius 3 is 2.65 bits per heavy atom. The number of alkyl halides is 3. The molecular formula is C12H17ClF3N3O3S. The number of sulfonamides is 1. The van der Waals surface area contributed by atoms with Gasteiger partial charge in [0.25, 0.3) is 0 Å². The van der Waals surface area contributed by atoms with E-state index >= 15 is 0 Å². The van der Waals surface area contributed by atoms with E-state index < -0.39 is 22.8 Å². The van der Waals surface area contributed by atoms with E-state index in [1.807, 2.05) is 0 Å². The first-order valence-electron chi connectivity index (χ1n) is 6.65. The predicted octanol–water partition coefficient (Wildman–Crippen LogP) is 1.47. The number of hydrogen-bond donors (Lipinski definition) is 2. The molecule has 132 valence electrons. The maximum atomic E-state index is 12.1. The normalized spacial score (nSPS) is 19.0. The van der Waals surface area contributed by atoms with Gasteiger partial charge in [-0.1, -0.05) is 0 Å². The molecule has 0 aliphatic carbocycles. The molecule has 1 aliphatic heterocycles. The van der Waals surface area contributed by atoms with Crippen LogP contribution in [0.1, 0.15) is 12.8 Å². The van der Waals surface area contributed by atoms with Gasteiger partial charge in [-0.3, -0.25) is 0 Å². The summed E-state index contributed by atoms with van der Waals surface area (Å²) in [4.78, 5) is 3.47. The summed E-state index contributed by atoms with van der Waals surface area (Å²) in [5.74, 6) is -0.282.